The third kappa shape index (κ3) is 4.27. The zero-order valence-corrected chi connectivity index (χ0v) is 16.4. The van der Waals surface area contributed by atoms with Crippen LogP contribution < -0.4 is 0 Å². The molecule has 3 rings (SSSR count). The molecule has 0 aromatic rings. The van der Waals surface area contributed by atoms with Gasteiger partial charge in [-0.3, -0.25) is 0 Å². The van der Waals surface area contributed by atoms with Crippen LogP contribution in [0.4, 0.5) is 0 Å². The molecular weight excluding hydrogens is 378 g/mol. The molecule has 0 spiro atoms. The molecule has 3 heteroatoms. The SMILES string of the molecule is C[C]1[CH][CH][C](C(C)(C)[C]2[CH][CH][C]3C=CC=C[C]32)[CH]1.[Cl][Zr][Cl]. The second-order valence-corrected chi connectivity index (χ2v) is 9.44. The van der Waals surface area contributed by atoms with Crippen LogP contribution in [0.15, 0.2) is 24.3 Å². The minimum absolute atomic E-state index is 0.0668. The summed E-state index contributed by atoms with van der Waals surface area (Å²) < 4.78 is 0. The zero-order valence-electron chi connectivity index (χ0n) is 12.5. The molecule has 3 aliphatic carbocycles. The van der Waals surface area contributed by atoms with E-state index in [1.165, 1.54) is 29.6 Å². The molecule has 0 saturated heterocycles. The molecule has 21 heavy (non-hydrogen) atoms. The summed E-state index contributed by atoms with van der Waals surface area (Å²) in [7, 11) is 9.87. The van der Waals surface area contributed by atoms with Gasteiger partial charge in [0.15, 0.2) is 0 Å². The monoisotopic (exact) mass is 394 g/mol. The van der Waals surface area contributed by atoms with E-state index < -0.39 is 20.8 Å². The van der Waals surface area contributed by atoms with Gasteiger partial charge in [0, 0.05) is 11.8 Å². The van der Waals surface area contributed by atoms with Gasteiger partial charge in [0.05, 0.1) is 0 Å². The van der Waals surface area contributed by atoms with Crippen molar-refractivity contribution in [2.24, 2.45) is 5.41 Å². The third-order valence-corrected chi connectivity index (χ3v) is 3.98. The number of rotatable bonds is 2. The maximum atomic E-state index is 4.93. The van der Waals surface area contributed by atoms with Gasteiger partial charge >= 0.3 is 37.9 Å². The van der Waals surface area contributed by atoms with Gasteiger partial charge in [0.2, 0.25) is 0 Å². The zero-order chi connectivity index (χ0) is 15.5. The normalized spacial score (nSPS) is 25.0. The van der Waals surface area contributed by atoms with E-state index >= 15 is 0 Å². The molecule has 2 fully saturated rings. The molecule has 0 N–H and O–H groups in total. The minimum atomic E-state index is -0.826. The Morgan fingerprint density at radius 2 is 1.62 bits per heavy atom. The van der Waals surface area contributed by atoms with E-state index in [-0.39, 0.29) is 5.41 Å². The van der Waals surface area contributed by atoms with Crippen molar-refractivity contribution < 1.29 is 20.8 Å². The number of halogens is 2. The molecule has 0 nitrogen and oxygen atoms in total. The van der Waals surface area contributed by atoms with Gasteiger partial charge in [-0.05, 0) is 55.3 Å². The fourth-order valence-electron chi connectivity index (χ4n) is 2.80. The van der Waals surface area contributed by atoms with Gasteiger partial charge in [-0.1, -0.05) is 45.1 Å². The van der Waals surface area contributed by atoms with Crippen molar-refractivity contribution in [2.45, 2.75) is 20.8 Å². The van der Waals surface area contributed by atoms with Crippen LogP contribution in [-0.2, 0) is 20.8 Å². The van der Waals surface area contributed by atoms with Gasteiger partial charge in [-0.25, -0.2) is 0 Å². The van der Waals surface area contributed by atoms with Crippen LogP contribution in [0, 0.1) is 67.1 Å². The molecule has 0 unspecified atom stereocenters. The fourth-order valence-corrected chi connectivity index (χ4v) is 2.80. The summed E-state index contributed by atoms with van der Waals surface area (Å²) in [6.07, 6.45) is 19.9. The van der Waals surface area contributed by atoms with E-state index in [1.54, 1.807) is 0 Å². The molecule has 0 aromatic carbocycles. The standard InChI is InChI=1S/C18H18.2ClH.Zr/c1-13-8-10-15(12-13)18(2,3)17-11-9-14-6-4-5-7-16(14)17;;;/h4-12H,1-3H3;2*1H;/q;;;+2/p-2. The molecule has 2 saturated carbocycles. The molecule has 0 aliphatic heterocycles. The summed E-state index contributed by atoms with van der Waals surface area (Å²) in [5, 5.41) is 0. The van der Waals surface area contributed by atoms with Crippen molar-refractivity contribution in [3.8, 4) is 0 Å². The van der Waals surface area contributed by atoms with Crippen molar-refractivity contribution in [3.63, 3.8) is 0 Å². The van der Waals surface area contributed by atoms with Crippen molar-refractivity contribution in [1.82, 2.24) is 0 Å². The van der Waals surface area contributed by atoms with E-state index in [1.807, 2.05) is 0 Å². The first-order chi connectivity index (χ1) is 10.0. The number of hydrogen-bond acceptors (Lipinski definition) is 0. The van der Waals surface area contributed by atoms with E-state index in [4.69, 9.17) is 17.0 Å². The average Bonchev–Trinajstić information content (AvgIpc) is 3.06. The predicted octanol–water partition coefficient (Wildman–Crippen LogP) is 5.46. The predicted molar refractivity (Wildman–Crippen MR) is 87.2 cm³/mol. The molecule has 3 aliphatic rings. The Hall–Kier alpha value is 0.943. The average molecular weight is 396 g/mol. The maximum absolute atomic E-state index is 4.93. The van der Waals surface area contributed by atoms with Crippen LogP contribution in [0.2, 0.25) is 0 Å². The molecule has 0 bridgehead atoms. The Labute approximate surface area is 149 Å². The topological polar surface area (TPSA) is 0 Å². The van der Waals surface area contributed by atoms with Crippen LogP contribution in [0.3, 0.4) is 0 Å². The number of hydrogen-bond donors (Lipinski definition) is 0. The van der Waals surface area contributed by atoms with Crippen molar-refractivity contribution >= 4 is 17.0 Å². The molecule has 108 valence electrons. The Morgan fingerprint density at radius 3 is 2.24 bits per heavy atom. The first kappa shape index (κ1) is 18.3. The summed E-state index contributed by atoms with van der Waals surface area (Å²) >= 11 is -0.826. The number of allylic oxidation sites excluding steroid dienone is 4. The van der Waals surface area contributed by atoms with Gasteiger partial charge < -0.3 is 0 Å². The van der Waals surface area contributed by atoms with Gasteiger partial charge in [-0.15, -0.1) is 0 Å². The molecular formula is C18H18Cl2Zr. The summed E-state index contributed by atoms with van der Waals surface area (Å²) in [5.41, 5.74) is 0.0668. The van der Waals surface area contributed by atoms with Crippen molar-refractivity contribution in [1.29, 1.82) is 0 Å². The summed E-state index contributed by atoms with van der Waals surface area (Å²) in [4.78, 5) is 0. The molecule has 0 heterocycles. The molecule has 0 amide bonds. The summed E-state index contributed by atoms with van der Waals surface area (Å²) in [6.45, 7) is 6.77. The Morgan fingerprint density at radius 1 is 0.952 bits per heavy atom. The summed E-state index contributed by atoms with van der Waals surface area (Å²) in [6, 6.07) is 0. The van der Waals surface area contributed by atoms with Gasteiger partial charge in [0.25, 0.3) is 0 Å². The Balaban J connectivity index is 0.000000497. The Kier molecular flexibility index (Phi) is 7.11. The van der Waals surface area contributed by atoms with Crippen LogP contribution in [-0.4, -0.2) is 0 Å². The van der Waals surface area contributed by atoms with E-state index in [2.05, 4.69) is 77.2 Å². The Bertz CT molecular complexity index is 389. The van der Waals surface area contributed by atoms with Gasteiger partial charge in [0.1, 0.15) is 0 Å². The van der Waals surface area contributed by atoms with Crippen LogP contribution >= 0.6 is 17.0 Å². The molecule has 0 aromatic heterocycles. The van der Waals surface area contributed by atoms with E-state index in [0.29, 0.717) is 0 Å². The molecule has 0 atom stereocenters. The number of fused-ring (bicyclic) bond motifs is 1. The van der Waals surface area contributed by atoms with Crippen LogP contribution in [0.1, 0.15) is 20.8 Å². The van der Waals surface area contributed by atoms with Gasteiger partial charge in [-0.2, -0.15) is 0 Å². The quantitative estimate of drug-likeness (QED) is 0.582. The van der Waals surface area contributed by atoms with E-state index in [0.717, 1.165) is 0 Å². The third-order valence-electron chi connectivity index (χ3n) is 3.98. The van der Waals surface area contributed by atoms with Crippen LogP contribution in [0.5, 0.6) is 0 Å². The van der Waals surface area contributed by atoms with Crippen molar-refractivity contribution in [2.75, 3.05) is 0 Å². The van der Waals surface area contributed by atoms with E-state index in [9.17, 15) is 0 Å². The van der Waals surface area contributed by atoms with Crippen molar-refractivity contribution in [3.05, 3.63) is 86.0 Å². The van der Waals surface area contributed by atoms with Crippen LogP contribution in [0.25, 0.3) is 0 Å². The first-order valence-electron chi connectivity index (χ1n) is 6.85. The molecule has 10 radical (unpaired) electrons. The summed E-state index contributed by atoms with van der Waals surface area (Å²) in [5.74, 6) is 6.87. The fraction of sp³-hybridized carbons (Fsp3) is 0.222. The second-order valence-electron chi connectivity index (χ2n) is 5.71. The first-order valence-corrected chi connectivity index (χ1v) is 13.2. The second kappa shape index (κ2) is 8.16.